The third kappa shape index (κ3) is 3.43. The number of carbonyl (C=O) groups is 1. The summed E-state index contributed by atoms with van der Waals surface area (Å²) in [6.07, 6.45) is 1.39. The Labute approximate surface area is 116 Å². The number of aromatic nitrogens is 3. The molecule has 2 rings (SSSR count). The number of rotatable bonds is 3. The molecule has 0 spiro atoms. The smallest absolute Gasteiger partial charge is 0.276 e. The van der Waals surface area contributed by atoms with E-state index >= 15 is 0 Å². The largest absolute Gasteiger partial charge is 0.384 e. The van der Waals surface area contributed by atoms with Crippen molar-refractivity contribution in [1.29, 1.82) is 0 Å². The lowest BCUT2D eigenvalue weighted by atomic mass is 10.1. The first-order valence-corrected chi connectivity index (χ1v) is 6.00. The van der Waals surface area contributed by atoms with Crippen LogP contribution in [0.4, 0.5) is 0 Å². The summed E-state index contributed by atoms with van der Waals surface area (Å²) in [6, 6.07) is 7.52. The molecular weight excluding hydrogens is 256 g/mol. The highest BCUT2D eigenvalue weighted by molar-refractivity contribution is 5.91. The predicted octanol–water partition coefficient (Wildman–Crippen LogP) is 0.421. The summed E-state index contributed by atoms with van der Waals surface area (Å²) in [4.78, 5) is 13.6. The average Bonchev–Trinajstić information content (AvgIpc) is 2.98. The van der Waals surface area contributed by atoms with E-state index in [-0.39, 0.29) is 18.2 Å². The van der Waals surface area contributed by atoms with Crippen LogP contribution in [0.5, 0.6) is 0 Å². The normalized spacial score (nSPS) is 9.70. The molecule has 0 bridgehead atoms. The van der Waals surface area contributed by atoms with Gasteiger partial charge in [-0.15, -0.1) is 0 Å². The van der Waals surface area contributed by atoms with E-state index in [1.54, 1.807) is 11.9 Å². The Bertz CT molecular complexity index is 641. The Kier molecular flexibility index (Phi) is 4.47. The van der Waals surface area contributed by atoms with Gasteiger partial charge in [-0.05, 0) is 17.7 Å². The SMILES string of the molecule is CN(Cc1cccc(C#CCO)c1)C(=O)c1cn[nH]n1. The number of aliphatic hydroxyl groups is 1. The summed E-state index contributed by atoms with van der Waals surface area (Å²) in [6.45, 7) is 0.273. The lowest BCUT2D eigenvalue weighted by molar-refractivity contribution is 0.0779. The molecule has 0 fully saturated rings. The van der Waals surface area contributed by atoms with Crippen LogP contribution in [0.3, 0.4) is 0 Å². The van der Waals surface area contributed by atoms with Crippen molar-refractivity contribution >= 4 is 5.91 Å². The Balaban J connectivity index is 2.08. The molecule has 2 aromatic rings. The maximum Gasteiger partial charge on any atom is 0.276 e. The zero-order chi connectivity index (χ0) is 14.4. The van der Waals surface area contributed by atoms with Gasteiger partial charge < -0.3 is 10.0 Å². The molecule has 0 saturated carbocycles. The molecule has 2 N–H and O–H groups in total. The minimum Gasteiger partial charge on any atom is -0.384 e. The van der Waals surface area contributed by atoms with Crippen molar-refractivity contribution < 1.29 is 9.90 Å². The summed E-state index contributed by atoms with van der Waals surface area (Å²) in [7, 11) is 1.70. The molecule has 0 unspecified atom stereocenters. The summed E-state index contributed by atoms with van der Waals surface area (Å²) in [5.74, 6) is 5.22. The molecule has 6 nitrogen and oxygen atoms in total. The van der Waals surface area contributed by atoms with E-state index in [0.717, 1.165) is 11.1 Å². The molecule has 0 aliphatic rings. The standard InChI is InChI=1S/C14H14N4O2/c1-18(14(20)13-9-15-17-16-13)10-12-5-2-4-11(8-12)6-3-7-19/h2,4-5,8-9,19H,7,10H2,1H3,(H,15,16,17). The van der Waals surface area contributed by atoms with Gasteiger partial charge in [0.2, 0.25) is 0 Å². The van der Waals surface area contributed by atoms with Crippen molar-refractivity contribution in [2.45, 2.75) is 6.54 Å². The van der Waals surface area contributed by atoms with Crippen LogP contribution in [0, 0.1) is 11.8 Å². The van der Waals surface area contributed by atoms with Gasteiger partial charge in [0.1, 0.15) is 6.61 Å². The molecule has 1 aromatic carbocycles. The van der Waals surface area contributed by atoms with Gasteiger partial charge in [-0.2, -0.15) is 15.4 Å². The fourth-order valence-electron chi connectivity index (χ4n) is 1.73. The second kappa shape index (κ2) is 6.50. The average molecular weight is 270 g/mol. The number of nitrogens with zero attached hydrogens (tertiary/aromatic N) is 3. The molecule has 6 heteroatoms. The van der Waals surface area contributed by atoms with Crippen LogP contribution in [0.1, 0.15) is 21.6 Å². The third-order valence-corrected chi connectivity index (χ3v) is 2.64. The van der Waals surface area contributed by atoms with Gasteiger partial charge in [-0.3, -0.25) is 4.79 Å². The molecule has 1 amide bonds. The number of hydrogen-bond acceptors (Lipinski definition) is 4. The van der Waals surface area contributed by atoms with E-state index in [4.69, 9.17) is 5.11 Å². The van der Waals surface area contributed by atoms with Crippen LogP contribution < -0.4 is 0 Å². The van der Waals surface area contributed by atoms with Crippen molar-refractivity contribution in [1.82, 2.24) is 20.3 Å². The molecular formula is C14H14N4O2. The summed E-state index contributed by atoms with van der Waals surface area (Å²) >= 11 is 0. The van der Waals surface area contributed by atoms with E-state index in [0.29, 0.717) is 6.54 Å². The van der Waals surface area contributed by atoms with Crippen molar-refractivity contribution in [2.75, 3.05) is 13.7 Å². The van der Waals surface area contributed by atoms with Crippen molar-refractivity contribution in [3.8, 4) is 11.8 Å². The molecule has 0 aliphatic heterocycles. The van der Waals surface area contributed by atoms with Crippen molar-refractivity contribution in [3.63, 3.8) is 0 Å². The second-order valence-corrected chi connectivity index (χ2v) is 4.18. The molecule has 0 atom stereocenters. The number of aliphatic hydroxyl groups excluding tert-OH is 1. The number of nitrogens with one attached hydrogen (secondary N) is 1. The van der Waals surface area contributed by atoms with Crippen LogP contribution >= 0.6 is 0 Å². The highest BCUT2D eigenvalue weighted by Crippen LogP contribution is 2.08. The Morgan fingerprint density at radius 3 is 3.05 bits per heavy atom. The van der Waals surface area contributed by atoms with E-state index in [1.807, 2.05) is 24.3 Å². The molecule has 0 saturated heterocycles. The highest BCUT2D eigenvalue weighted by atomic mass is 16.2. The minimum absolute atomic E-state index is 0.172. The third-order valence-electron chi connectivity index (χ3n) is 2.64. The predicted molar refractivity (Wildman–Crippen MR) is 72.6 cm³/mol. The highest BCUT2D eigenvalue weighted by Gasteiger charge is 2.14. The van der Waals surface area contributed by atoms with E-state index in [1.165, 1.54) is 6.20 Å². The molecule has 0 aliphatic carbocycles. The number of benzene rings is 1. The van der Waals surface area contributed by atoms with Gasteiger partial charge >= 0.3 is 0 Å². The van der Waals surface area contributed by atoms with Gasteiger partial charge in [-0.25, -0.2) is 0 Å². The quantitative estimate of drug-likeness (QED) is 0.792. The zero-order valence-corrected chi connectivity index (χ0v) is 11.0. The van der Waals surface area contributed by atoms with Gasteiger partial charge in [0, 0.05) is 19.2 Å². The van der Waals surface area contributed by atoms with Crippen LogP contribution in [0.2, 0.25) is 0 Å². The molecule has 0 radical (unpaired) electrons. The lowest BCUT2D eigenvalue weighted by Crippen LogP contribution is -2.26. The molecule has 20 heavy (non-hydrogen) atoms. The zero-order valence-electron chi connectivity index (χ0n) is 11.0. The van der Waals surface area contributed by atoms with E-state index in [9.17, 15) is 4.79 Å². The van der Waals surface area contributed by atoms with E-state index < -0.39 is 0 Å². The van der Waals surface area contributed by atoms with Crippen molar-refractivity contribution in [3.05, 3.63) is 47.3 Å². The summed E-state index contributed by atoms with van der Waals surface area (Å²) < 4.78 is 0. The monoisotopic (exact) mass is 270 g/mol. The Hall–Kier alpha value is -2.65. The molecule has 1 heterocycles. The first-order valence-electron chi connectivity index (χ1n) is 6.00. The topological polar surface area (TPSA) is 82.1 Å². The molecule has 1 aromatic heterocycles. The number of amides is 1. The molecule has 102 valence electrons. The van der Waals surface area contributed by atoms with Crippen LogP contribution in [0.25, 0.3) is 0 Å². The summed E-state index contributed by atoms with van der Waals surface area (Å²) in [5, 5.41) is 18.5. The number of aromatic amines is 1. The fraction of sp³-hybridized carbons (Fsp3) is 0.214. The maximum atomic E-state index is 12.0. The first kappa shape index (κ1) is 13.8. The number of carbonyl (C=O) groups excluding carboxylic acids is 1. The lowest BCUT2D eigenvalue weighted by Gasteiger charge is -2.15. The second-order valence-electron chi connectivity index (χ2n) is 4.18. The Morgan fingerprint density at radius 1 is 1.50 bits per heavy atom. The number of hydrogen-bond donors (Lipinski definition) is 2. The fourth-order valence-corrected chi connectivity index (χ4v) is 1.73. The van der Waals surface area contributed by atoms with Crippen LogP contribution in [-0.2, 0) is 6.54 Å². The minimum atomic E-state index is -0.203. The van der Waals surface area contributed by atoms with Crippen LogP contribution in [-0.4, -0.2) is 45.0 Å². The van der Waals surface area contributed by atoms with Gasteiger partial charge in [0.15, 0.2) is 5.69 Å². The number of H-pyrrole nitrogens is 1. The van der Waals surface area contributed by atoms with Gasteiger partial charge in [-0.1, -0.05) is 24.0 Å². The van der Waals surface area contributed by atoms with Crippen molar-refractivity contribution in [2.24, 2.45) is 0 Å². The maximum absolute atomic E-state index is 12.0. The first-order chi connectivity index (χ1) is 9.70. The summed E-state index contributed by atoms with van der Waals surface area (Å²) in [5.41, 5.74) is 2.04. The van der Waals surface area contributed by atoms with Gasteiger partial charge in [0.05, 0.1) is 6.20 Å². The van der Waals surface area contributed by atoms with Crippen LogP contribution in [0.15, 0.2) is 30.5 Å². The van der Waals surface area contributed by atoms with Gasteiger partial charge in [0.25, 0.3) is 5.91 Å². The Morgan fingerprint density at radius 2 is 2.35 bits per heavy atom. The van der Waals surface area contributed by atoms with E-state index in [2.05, 4.69) is 27.3 Å².